The highest BCUT2D eigenvalue weighted by Crippen LogP contribution is 2.21. The molecule has 1 aromatic rings. The van der Waals surface area contributed by atoms with Crippen molar-refractivity contribution in [2.24, 2.45) is 0 Å². The van der Waals surface area contributed by atoms with Gasteiger partial charge in [-0.25, -0.2) is 0 Å². The molecule has 0 spiro atoms. The fourth-order valence-electron chi connectivity index (χ4n) is 1.24. The zero-order chi connectivity index (χ0) is 10.6. The second-order valence-corrected chi connectivity index (χ2v) is 3.81. The highest BCUT2D eigenvalue weighted by molar-refractivity contribution is 9.10. The van der Waals surface area contributed by atoms with Crippen molar-refractivity contribution in [2.45, 2.75) is 20.3 Å². The van der Waals surface area contributed by atoms with Crippen molar-refractivity contribution in [1.29, 1.82) is 0 Å². The van der Waals surface area contributed by atoms with Gasteiger partial charge in [-0.2, -0.15) is 0 Å². The van der Waals surface area contributed by atoms with E-state index in [0.29, 0.717) is 6.42 Å². The van der Waals surface area contributed by atoms with Gasteiger partial charge in [-0.3, -0.25) is 4.79 Å². The molecule has 0 fully saturated rings. The molecule has 0 amide bonds. The van der Waals surface area contributed by atoms with E-state index in [0.717, 1.165) is 15.6 Å². The summed E-state index contributed by atoms with van der Waals surface area (Å²) in [7, 11) is 0. The van der Waals surface area contributed by atoms with Gasteiger partial charge in [0.05, 0.1) is 6.42 Å². The standard InChI is InChI=1S/C12H11BrO/c1-3-4-8-11(14)12-9(2)6-5-7-10(12)13/h5-7H,8H2,1-2H3. The number of carbonyl (C=O) groups is 1. The van der Waals surface area contributed by atoms with Gasteiger partial charge in [-0.05, 0) is 25.5 Å². The Hall–Kier alpha value is -1.07. The van der Waals surface area contributed by atoms with Crippen LogP contribution in [-0.4, -0.2) is 5.78 Å². The van der Waals surface area contributed by atoms with E-state index in [1.807, 2.05) is 25.1 Å². The molecule has 14 heavy (non-hydrogen) atoms. The minimum absolute atomic E-state index is 0.0734. The Morgan fingerprint density at radius 1 is 1.50 bits per heavy atom. The molecule has 2 heteroatoms. The average molecular weight is 251 g/mol. The molecule has 1 aromatic carbocycles. The molecule has 0 N–H and O–H groups in total. The largest absolute Gasteiger partial charge is 0.293 e. The number of benzene rings is 1. The summed E-state index contributed by atoms with van der Waals surface area (Å²) in [6, 6.07) is 5.72. The molecule has 1 nitrogen and oxygen atoms in total. The predicted octanol–water partition coefficient (Wildman–Crippen LogP) is 3.35. The molecular formula is C12H11BrO. The second-order valence-electron chi connectivity index (χ2n) is 2.96. The summed E-state index contributed by atoms with van der Waals surface area (Å²) in [5, 5.41) is 0. The molecular weight excluding hydrogens is 240 g/mol. The first kappa shape index (κ1) is 11.0. The smallest absolute Gasteiger partial charge is 0.176 e. The molecule has 0 heterocycles. The molecule has 0 aromatic heterocycles. The minimum Gasteiger partial charge on any atom is -0.293 e. The Morgan fingerprint density at radius 2 is 2.21 bits per heavy atom. The van der Waals surface area contributed by atoms with Gasteiger partial charge in [-0.1, -0.05) is 34.0 Å². The molecule has 0 aliphatic rings. The van der Waals surface area contributed by atoms with Crippen LogP contribution in [0.1, 0.15) is 29.3 Å². The Kier molecular flexibility index (Phi) is 3.91. The maximum atomic E-state index is 11.7. The van der Waals surface area contributed by atoms with Crippen LogP contribution in [0.4, 0.5) is 0 Å². The molecule has 0 aliphatic heterocycles. The lowest BCUT2D eigenvalue weighted by Crippen LogP contribution is -2.01. The molecule has 1 rings (SSSR count). The number of ketones is 1. The molecule has 0 aliphatic carbocycles. The van der Waals surface area contributed by atoms with E-state index in [9.17, 15) is 4.79 Å². The number of Topliss-reactive ketones (excluding diaryl/α,β-unsaturated/α-hetero) is 1. The first-order valence-corrected chi connectivity index (χ1v) is 5.14. The number of aryl methyl sites for hydroxylation is 1. The van der Waals surface area contributed by atoms with Crippen molar-refractivity contribution in [3.05, 3.63) is 33.8 Å². The van der Waals surface area contributed by atoms with Crippen LogP contribution < -0.4 is 0 Å². The van der Waals surface area contributed by atoms with Crippen molar-refractivity contribution in [1.82, 2.24) is 0 Å². The van der Waals surface area contributed by atoms with E-state index in [-0.39, 0.29) is 5.78 Å². The Labute approximate surface area is 92.6 Å². The number of rotatable bonds is 2. The zero-order valence-corrected chi connectivity index (χ0v) is 9.81. The summed E-state index contributed by atoms with van der Waals surface area (Å²) in [4.78, 5) is 11.7. The van der Waals surface area contributed by atoms with Gasteiger partial charge in [-0.15, -0.1) is 5.92 Å². The maximum Gasteiger partial charge on any atom is 0.176 e. The van der Waals surface area contributed by atoms with Crippen LogP contribution in [0.3, 0.4) is 0 Å². The Bertz CT molecular complexity index is 390. The minimum atomic E-state index is 0.0734. The van der Waals surface area contributed by atoms with Crippen molar-refractivity contribution in [3.63, 3.8) is 0 Å². The molecule has 0 radical (unpaired) electrons. The third-order valence-corrected chi connectivity index (χ3v) is 2.59. The molecule has 0 atom stereocenters. The van der Waals surface area contributed by atoms with Crippen LogP contribution in [0.2, 0.25) is 0 Å². The van der Waals surface area contributed by atoms with E-state index >= 15 is 0 Å². The summed E-state index contributed by atoms with van der Waals surface area (Å²) in [5.74, 6) is 5.58. The van der Waals surface area contributed by atoms with Crippen LogP contribution in [0.5, 0.6) is 0 Å². The van der Waals surface area contributed by atoms with Gasteiger partial charge < -0.3 is 0 Å². The van der Waals surface area contributed by atoms with Gasteiger partial charge in [0.1, 0.15) is 0 Å². The number of hydrogen-bond acceptors (Lipinski definition) is 1. The van der Waals surface area contributed by atoms with Gasteiger partial charge in [0.25, 0.3) is 0 Å². The quantitative estimate of drug-likeness (QED) is 0.581. The molecule has 0 saturated carbocycles. The molecule has 0 saturated heterocycles. The lowest BCUT2D eigenvalue weighted by atomic mass is 10.0. The highest BCUT2D eigenvalue weighted by Gasteiger charge is 2.10. The highest BCUT2D eigenvalue weighted by atomic mass is 79.9. The third-order valence-electron chi connectivity index (χ3n) is 1.93. The Balaban J connectivity index is 3.04. The molecule has 72 valence electrons. The van der Waals surface area contributed by atoms with Crippen LogP contribution in [-0.2, 0) is 0 Å². The summed E-state index contributed by atoms with van der Waals surface area (Å²) >= 11 is 3.37. The molecule has 0 unspecified atom stereocenters. The fraction of sp³-hybridized carbons (Fsp3) is 0.250. The Morgan fingerprint density at radius 3 is 2.79 bits per heavy atom. The summed E-state index contributed by atoms with van der Waals surface area (Å²) < 4.78 is 0.848. The predicted molar refractivity (Wildman–Crippen MR) is 61.3 cm³/mol. The SMILES string of the molecule is CC#CCC(=O)c1c(C)cccc1Br. The lowest BCUT2D eigenvalue weighted by Gasteiger charge is -2.04. The van der Waals surface area contributed by atoms with Crippen molar-refractivity contribution in [2.75, 3.05) is 0 Å². The third kappa shape index (κ3) is 2.46. The van der Waals surface area contributed by atoms with Gasteiger partial charge in [0.15, 0.2) is 5.78 Å². The van der Waals surface area contributed by atoms with E-state index in [2.05, 4.69) is 27.8 Å². The zero-order valence-electron chi connectivity index (χ0n) is 8.23. The van der Waals surface area contributed by atoms with Crippen LogP contribution in [0.25, 0.3) is 0 Å². The summed E-state index contributed by atoms with van der Waals surface area (Å²) in [6.07, 6.45) is 0.292. The topological polar surface area (TPSA) is 17.1 Å². The first-order chi connectivity index (χ1) is 6.66. The van der Waals surface area contributed by atoms with Crippen molar-refractivity contribution >= 4 is 21.7 Å². The van der Waals surface area contributed by atoms with Gasteiger partial charge >= 0.3 is 0 Å². The van der Waals surface area contributed by atoms with Crippen LogP contribution in [0, 0.1) is 18.8 Å². The van der Waals surface area contributed by atoms with Gasteiger partial charge in [0.2, 0.25) is 0 Å². The molecule has 0 bridgehead atoms. The average Bonchev–Trinajstić information content (AvgIpc) is 2.14. The maximum absolute atomic E-state index is 11.7. The van der Waals surface area contributed by atoms with E-state index in [1.54, 1.807) is 6.92 Å². The summed E-state index contributed by atoms with van der Waals surface area (Å²) in [5.41, 5.74) is 1.73. The fourth-order valence-corrected chi connectivity index (χ4v) is 1.93. The number of hydrogen-bond donors (Lipinski definition) is 0. The van der Waals surface area contributed by atoms with Gasteiger partial charge in [0, 0.05) is 10.0 Å². The van der Waals surface area contributed by atoms with E-state index < -0.39 is 0 Å². The first-order valence-electron chi connectivity index (χ1n) is 4.34. The summed E-state index contributed by atoms with van der Waals surface area (Å²) in [6.45, 7) is 3.66. The van der Waals surface area contributed by atoms with E-state index in [1.165, 1.54) is 0 Å². The number of carbonyl (C=O) groups excluding carboxylic acids is 1. The van der Waals surface area contributed by atoms with Crippen LogP contribution >= 0.6 is 15.9 Å². The lowest BCUT2D eigenvalue weighted by molar-refractivity contribution is 0.0997. The monoisotopic (exact) mass is 250 g/mol. The van der Waals surface area contributed by atoms with E-state index in [4.69, 9.17) is 0 Å². The second kappa shape index (κ2) is 4.97. The van der Waals surface area contributed by atoms with Crippen LogP contribution in [0.15, 0.2) is 22.7 Å². The van der Waals surface area contributed by atoms with Crippen molar-refractivity contribution in [3.8, 4) is 11.8 Å². The van der Waals surface area contributed by atoms with Crippen molar-refractivity contribution < 1.29 is 4.79 Å². The number of halogens is 1. The normalized spacial score (nSPS) is 9.07.